The Bertz CT molecular complexity index is 457. The van der Waals surface area contributed by atoms with Crippen LogP contribution in [-0.4, -0.2) is 12.1 Å². The maximum Gasteiger partial charge on any atom is 0.119 e. The van der Waals surface area contributed by atoms with Crippen molar-refractivity contribution in [1.82, 2.24) is 4.98 Å². The standard InChI is InChI=1S/C12H15NO/c1-4-9-6-11(14-3)7-10-5-8(2)13-12(9)10/h5-7,13H,4H2,1-3H3. The summed E-state index contributed by atoms with van der Waals surface area (Å²) in [7, 11) is 1.71. The quantitative estimate of drug-likeness (QED) is 0.771. The lowest BCUT2D eigenvalue weighted by Crippen LogP contribution is -1.87. The van der Waals surface area contributed by atoms with Gasteiger partial charge in [-0.1, -0.05) is 6.92 Å². The number of methoxy groups -OCH3 is 1. The van der Waals surface area contributed by atoms with Crippen molar-refractivity contribution in [2.75, 3.05) is 7.11 Å². The maximum atomic E-state index is 5.26. The van der Waals surface area contributed by atoms with E-state index in [1.807, 2.05) is 0 Å². The first-order valence-electron chi connectivity index (χ1n) is 4.91. The van der Waals surface area contributed by atoms with E-state index in [9.17, 15) is 0 Å². The number of hydrogen-bond acceptors (Lipinski definition) is 1. The molecule has 2 rings (SSSR count). The number of ether oxygens (including phenoxy) is 1. The first kappa shape index (κ1) is 9.13. The normalized spacial score (nSPS) is 10.8. The van der Waals surface area contributed by atoms with E-state index in [2.05, 4.69) is 37.0 Å². The molecule has 1 aromatic heterocycles. The van der Waals surface area contributed by atoms with Crippen LogP contribution in [0.3, 0.4) is 0 Å². The molecule has 0 saturated heterocycles. The molecular formula is C12H15NO. The molecule has 0 bridgehead atoms. The summed E-state index contributed by atoms with van der Waals surface area (Å²) in [6.45, 7) is 4.23. The van der Waals surface area contributed by atoms with Crippen LogP contribution in [0.15, 0.2) is 18.2 Å². The molecule has 1 heterocycles. The van der Waals surface area contributed by atoms with Gasteiger partial charge in [0.25, 0.3) is 0 Å². The van der Waals surface area contributed by atoms with Gasteiger partial charge in [-0.3, -0.25) is 0 Å². The van der Waals surface area contributed by atoms with Gasteiger partial charge < -0.3 is 9.72 Å². The summed E-state index contributed by atoms with van der Waals surface area (Å²) in [6, 6.07) is 6.31. The Hall–Kier alpha value is -1.44. The molecule has 1 aromatic carbocycles. The van der Waals surface area contributed by atoms with Crippen LogP contribution < -0.4 is 4.74 Å². The largest absolute Gasteiger partial charge is 0.497 e. The number of aryl methyl sites for hydroxylation is 2. The van der Waals surface area contributed by atoms with Crippen LogP contribution in [0.2, 0.25) is 0 Å². The van der Waals surface area contributed by atoms with Crippen molar-refractivity contribution < 1.29 is 4.74 Å². The van der Waals surface area contributed by atoms with Crippen molar-refractivity contribution in [2.24, 2.45) is 0 Å². The number of H-pyrrole nitrogens is 1. The van der Waals surface area contributed by atoms with Gasteiger partial charge in [0.1, 0.15) is 5.75 Å². The lowest BCUT2D eigenvalue weighted by Gasteiger charge is -2.04. The number of hydrogen-bond donors (Lipinski definition) is 1. The molecule has 0 aliphatic heterocycles. The third-order valence-corrected chi connectivity index (χ3v) is 2.53. The maximum absolute atomic E-state index is 5.26. The number of benzene rings is 1. The zero-order chi connectivity index (χ0) is 10.1. The zero-order valence-electron chi connectivity index (χ0n) is 8.85. The fraction of sp³-hybridized carbons (Fsp3) is 0.333. The lowest BCUT2D eigenvalue weighted by molar-refractivity contribution is 0.415. The molecule has 0 spiro atoms. The smallest absolute Gasteiger partial charge is 0.119 e. The Morgan fingerprint density at radius 1 is 1.29 bits per heavy atom. The summed E-state index contributed by atoms with van der Waals surface area (Å²) in [5.74, 6) is 0.938. The number of aromatic nitrogens is 1. The van der Waals surface area contributed by atoms with Gasteiger partial charge in [-0.25, -0.2) is 0 Å². The number of rotatable bonds is 2. The highest BCUT2D eigenvalue weighted by atomic mass is 16.5. The van der Waals surface area contributed by atoms with Gasteiger partial charge in [-0.2, -0.15) is 0 Å². The van der Waals surface area contributed by atoms with E-state index in [-0.39, 0.29) is 0 Å². The summed E-state index contributed by atoms with van der Waals surface area (Å²) in [5, 5.41) is 1.23. The van der Waals surface area contributed by atoms with E-state index in [0.29, 0.717) is 0 Å². The van der Waals surface area contributed by atoms with Crippen molar-refractivity contribution >= 4 is 10.9 Å². The monoisotopic (exact) mass is 189 g/mol. The number of fused-ring (bicyclic) bond motifs is 1. The van der Waals surface area contributed by atoms with Gasteiger partial charge in [0.2, 0.25) is 0 Å². The van der Waals surface area contributed by atoms with Crippen molar-refractivity contribution in [3.63, 3.8) is 0 Å². The lowest BCUT2D eigenvalue weighted by atomic mass is 10.1. The summed E-state index contributed by atoms with van der Waals surface area (Å²) < 4.78 is 5.26. The Morgan fingerprint density at radius 2 is 2.07 bits per heavy atom. The predicted octanol–water partition coefficient (Wildman–Crippen LogP) is 3.05. The molecule has 0 amide bonds. The van der Waals surface area contributed by atoms with E-state index >= 15 is 0 Å². The second kappa shape index (κ2) is 3.37. The van der Waals surface area contributed by atoms with E-state index in [1.165, 1.54) is 22.2 Å². The topological polar surface area (TPSA) is 25.0 Å². The SMILES string of the molecule is CCc1cc(OC)cc2cc(C)[nH]c12. The molecule has 0 atom stereocenters. The summed E-state index contributed by atoms with van der Waals surface area (Å²) in [4.78, 5) is 3.37. The van der Waals surface area contributed by atoms with Crippen molar-refractivity contribution in [3.05, 3.63) is 29.5 Å². The average molecular weight is 189 g/mol. The zero-order valence-corrected chi connectivity index (χ0v) is 8.85. The van der Waals surface area contributed by atoms with Crippen LogP contribution in [0.5, 0.6) is 5.75 Å². The third kappa shape index (κ3) is 1.37. The van der Waals surface area contributed by atoms with Crippen LogP contribution in [0.25, 0.3) is 10.9 Å². The molecule has 0 unspecified atom stereocenters. The predicted molar refractivity (Wildman–Crippen MR) is 59.0 cm³/mol. The van der Waals surface area contributed by atoms with Gasteiger partial charge in [0.15, 0.2) is 0 Å². The molecule has 0 aliphatic carbocycles. The fourth-order valence-corrected chi connectivity index (χ4v) is 1.83. The molecule has 2 aromatic rings. The highest BCUT2D eigenvalue weighted by molar-refractivity contribution is 5.85. The number of aromatic amines is 1. The molecule has 2 nitrogen and oxygen atoms in total. The van der Waals surface area contributed by atoms with Gasteiger partial charge in [0, 0.05) is 16.6 Å². The molecule has 0 radical (unpaired) electrons. The van der Waals surface area contributed by atoms with Crippen molar-refractivity contribution in [2.45, 2.75) is 20.3 Å². The van der Waals surface area contributed by atoms with E-state index < -0.39 is 0 Å². The van der Waals surface area contributed by atoms with Crippen LogP contribution in [-0.2, 0) is 6.42 Å². The molecule has 0 aliphatic rings. The second-order valence-corrected chi connectivity index (χ2v) is 3.56. The highest BCUT2D eigenvalue weighted by Gasteiger charge is 2.05. The molecular weight excluding hydrogens is 174 g/mol. The minimum Gasteiger partial charge on any atom is -0.497 e. The first-order chi connectivity index (χ1) is 6.74. The van der Waals surface area contributed by atoms with Gasteiger partial charge in [-0.05, 0) is 37.1 Å². The van der Waals surface area contributed by atoms with E-state index in [1.54, 1.807) is 7.11 Å². The van der Waals surface area contributed by atoms with Crippen LogP contribution in [0.1, 0.15) is 18.2 Å². The number of nitrogens with one attached hydrogen (secondary N) is 1. The Kier molecular flexibility index (Phi) is 2.20. The van der Waals surface area contributed by atoms with E-state index in [4.69, 9.17) is 4.74 Å². The molecule has 1 N–H and O–H groups in total. The Morgan fingerprint density at radius 3 is 2.71 bits per heavy atom. The Balaban J connectivity index is 2.72. The summed E-state index contributed by atoms with van der Waals surface area (Å²) >= 11 is 0. The summed E-state index contributed by atoms with van der Waals surface area (Å²) in [6.07, 6.45) is 1.02. The molecule has 74 valence electrons. The van der Waals surface area contributed by atoms with Crippen LogP contribution >= 0.6 is 0 Å². The van der Waals surface area contributed by atoms with Crippen molar-refractivity contribution in [1.29, 1.82) is 0 Å². The average Bonchev–Trinajstić information content (AvgIpc) is 2.56. The minimum atomic E-state index is 0.938. The van der Waals surface area contributed by atoms with Crippen molar-refractivity contribution in [3.8, 4) is 5.75 Å². The Labute approximate surface area is 83.9 Å². The third-order valence-electron chi connectivity index (χ3n) is 2.53. The second-order valence-electron chi connectivity index (χ2n) is 3.56. The highest BCUT2D eigenvalue weighted by Crippen LogP contribution is 2.25. The minimum absolute atomic E-state index is 0.938. The first-order valence-corrected chi connectivity index (χ1v) is 4.91. The summed E-state index contributed by atoms with van der Waals surface area (Å²) in [5.41, 5.74) is 3.75. The molecule has 0 fully saturated rings. The van der Waals surface area contributed by atoms with Gasteiger partial charge in [0.05, 0.1) is 7.11 Å². The van der Waals surface area contributed by atoms with Crippen LogP contribution in [0.4, 0.5) is 0 Å². The van der Waals surface area contributed by atoms with Crippen LogP contribution in [0, 0.1) is 6.92 Å². The molecule has 0 saturated carbocycles. The van der Waals surface area contributed by atoms with E-state index in [0.717, 1.165) is 12.2 Å². The van der Waals surface area contributed by atoms with Gasteiger partial charge in [-0.15, -0.1) is 0 Å². The molecule has 14 heavy (non-hydrogen) atoms. The fourth-order valence-electron chi connectivity index (χ4n) is 1.83. The molecule has 2 heteroatoms. The van der Waals surface area contributed by atoms with Gasteiger partial charge >= 0.3 is 0 Å².